The fourth-order valence-corrected chi connectivity index (χ4v) is 3.39. The number of rotatable bonds is 6. The molecule has 2 aromatic carbocycles. The predicted octanol–water partition coefficient (Wildman–Crippen LogP) is 4.81. The number of nitrogens with zero attached hydrogens (tertiary/aromatic N) is 1. The normalized spacial score (nSPS) is 16.1. The molecule has 0 bridgehead atoms. The molecule has 1 heterocycles. The summed E-state index contributed by atoms with van der Waals surface area (Å²) in [7, 11) is 3.10. The van der Waals surface area contributed by atoms with E-state index >= 15 is 0 Å². The Morgan fingerprint density at radius 1 is 1.14 bits per heavy atom. The highest BCUT2D eigenvalue weighted by atomic mass is 19.3. The van der Waals surface area contributed by atoms with Crippen molar-refractivity contribution in [1.82, 2.24) is 4.90 Å². The van der Waals surface area contributed by atoms with E-state index in [-0.39, 0.29) is 11.7 Å². The van der Waals surface area contributed by atoms with Crippen LogP contribution in [0.1, 0.15) is 24.4 Å². The van der Waals surface area contributed by atoms with Crippen molar-refractivity contribution in [1.29, 1.82) is 0 Å². The number of anilines is 1. The van der Waals surface area contributed by atoms with Gasteiger partial charge in [-0.2, -0.15) is 8.78 Å². The Morgan fingerprint density at radius 3 is 2.59 bits per heavy atom. The van der Waals surface area contributed by atoms with Crippen molar-refractivity contribution in [3.8, 4) is 17.2 Å². The summed E-state index contributed by atoms with van der Waals surface area (Å²) in [4.78, 5) is 14.4. The number of methoxy groups -OCH3 is 2. The molecule has 1 N–H and O–H groups in total. The second kappa shape index (κ2) is 8.93. The zero-order valence-corrected chi connectivity index (χ0v) is 16.0. The maximum atomic E-state index is 13.9. The summed E-state index contributed by atoms with van der Waals surface area (Å²) in [6.45, 7) is -2.62. The average molecular weight is 410 g/mol. The van der Waals surface area contributed by atoms with Gasteiger partial charge in [0, 0.05) is 29.9 Å². The van der Waals surface area contributed by atoms with Crippen molar-refractivity contribution >= 4 is 11.7 Å². The van der Waals surface area contributed by atoms with Crippen LogP contribution >= 0.6 is 0 Å². The molecular weight excluding hydrogens is 389 g/mol. The van der Waals surface area contributed by atoms with Gasteiger partial charge in [-0.3, -0.25) is 0 Å². The average Bonchev–Trinajstić information content (AvgIpc) is 3.19. The summed E-state index contributed by atoms with van der Waals surface area (Å²) in [5, 5.41) is 2.60. The predicted molar refractivity (Wildman–Crippen MR) is 100 cm³/mol. The molecule has 0 spiro atoms. The zero-order chi connectivity index (χ0) is 21.0. The van der Waals surface area contributed by atoms with Crippen LogP contribution in [0.4, 0.5) is 23.7 Å². The number of carbonyl (C=O) groups is 1. The minimum Gasteiger partial charge on any atom is -0.497 e. The molecule has 1 aliphatic rings. The molecule has 0 aliphatic carbocycles. The first-order valence-corrected chi connectivity index (χ1v) is 8.97. The lowest BCUT2D eigenvalue weighted by atomic mass is 10.0. The topological polar surface area (TPSA) is 60.0 Å². The van der Waals surface area contributed by atoms with Crippen LogP contribution in [0, 0.1) is 5.82 Å². The number of halogens is 3. The van der Waals surface area contributed by atoms with E-state index in [1.54, 1.807) is 31.3 Å². The quantitative estimate of drug-likeness (QED) is 0.742. The lowest BCUT2D eigenvalue weighted by Crippen LogP contribution is -2.34. The third-order valence-electron chi connectivity index (χ3n) is 4.71. The van der Waals surface area contributed by atoms with Crippen LogP contribution in [-0.2, 0) is 0 Å². The lowest BCUT2D eigenvalue weighted by molar-refractivity contribution is -0.0521. The van der Waals surface area contributed by atoms with Crippen LogP contribution in [0.15, 0.2) is 36.4 Å². The molecule has 0 radical (unpaired) electrons. The van der Waals surface area contributed by atoms with E-state index < -0.39 is 24.2 Å². The molecule has 2 amide bonds. The Hall–Kier alpha value is -3.10. The highest BCUT2D eigenvalue weighted by Crippen LogP contribution is 2.39. The molecule has 1 unspecified atom stereocenters. The zero-order valence-electron chi connectivity index (χ0n) is 16.0. The van der Waals surface area contributed by atoms with Gasteiger partial charge in [-0.1, -0.05) is 0 Å². The molecule has 3 rings (SSSR count). The van der Waals surface area contributed by atoms with Crippen molar-refractivity contribution < 1.29 is 32.2 Å². The van der Waals surface area contributed by atoms with E-state index in [1.165, 1.54) is 6.07 Å². The fourth-order valence-electron chi connectivity index (χ4n) is 3.39. The molecule has 1 saturated heterocycles. The molecule has 9 heteroatoms. The van der Waals surface area contributed by atoms with Crippen molar-refractivity contribution in [3.05, 3.63) is 47.8 Å². The molecule has 156 valence electrons. The van der Waals surface area contributed by atoms with E-state index in [0.29, 0.717) is 18.0 Å². The van der Waals surface area contributed by atoms with Gasteiger partial charge in [-0.05, 0) is 37.1 Å². The third-order valence-corrected chi connectivity index (χ3v) is 4.71. The Balaban J connectivity index is 1.76. The highest BCUT2D eigenvalue weighted by molar-refractivity contribution is 5.90. The van der Waals surface area contributed by atoms with E-state index in [4.69, 9.17) is 9.47 Å². The van der Waals surface area contributed by atoms with Gasteiger partial charge in [0.25, 0.3) is 0 Å². The molecule has 0 saturated carbocycles. The molecule has 1 aliphatic heterocycles. The molecule has 1 atom stereocenters. The van der Waals surface area contributed by atoms with Gasteiger partial charge >= 0.3 is 12.6 Å². The van der Waals surface area contributed by atoms with Gasteiger partial charge in [0.05, 0.1) is 20.3 Å². The van der Waals surface area contributed by atoms with E-state index in [1.807, 2.05) is 6.07 Å². The molecule has 0 aromatic heterocycles. The summed E-state index contributed by atoms with van der Waals surface area (Å²) in [5.41, 5.74) is 0.981. The Morgan fingerprint density at radius 2 is 1.93 bits per heavy atom. The number of urea groups is 1. The van der Waals surface area contributed by atoms with Crippen LogP contribution in [0.5, 0.6) is 17.2 Å². The lowest BCUT2D eigenvalue weighted by Gasteiger charge is -2.27. The number of nitrogens with one attached hydrogen (secondary N) is 1. The minimum atomic E-state index is -3.13. The largest absolute Gasteiger partial charge is 0.497 e. The number of ether oxygens (including phenoxy) is 3. The van der Waals surface area contributed by atoms with Crippen LogP contribution < -0.4 is 19.5 Å². The molecular formula is C20H21F3N2O4. The summed E-state index contributed by atoms with van der Waals surface area (Å²) in [5.74, 6) is -0.326. The van der Waals surface area contributed by atoms with Crippen LogP contribution in [0.3, 0.4) is 0 Å². The van der Waals surface area contributed by atoms with E-state index in [2.05, 4.69) is 10.1 Å². The standard InChI is InChI=1S/C20H21F3N2O4/c1-27-13-6-7-14(18(11-13)28-2)16-4-3-9-25(16)20(26)24-12-5-8-17(15(21)10-12)29-19(22)23/h5-8,10-11,16,19H,3-4,9H2,1-2H3,(H,24,26). The summed E-state index contributed by atoms with van der Waals surface area (Å²) in [6, 6.07) is 8.04. The SMILES string of the molecule is COc1ccc(C2CCCN2C(=O)Nc2ccc(OC(F)F)c(F)c2)c(OC)c1. The number of carbonyl (C=O) groups excluding carboxylic acids is 1. The van der Waals surface area contributed by atoms with E-state index in [0.717, 1.165) is 30.5 Å². The summed E-state index contributed by atoms with van der Waals surface area (Å²) < 4.78 is 53.1. The van der Waals surface area contributed by atoms with Crippen LogP contribution in [0.25, 0.3) is 0 Å². The summed E-state index contributed by atoms with van der Waals surface area (Å²) >= 11 is 0. The van der Waals surface area contributed by atoms with Crippen LogP contribution in [0.2, 0.25) is 0 Å². The maximum absolute atomic E-state index is 13.9. The van der Waals surface area contributed by atoms with Gasteiger partial charge in [-0.15, -0.1) is 0 Å². The first-order valence-electron chi connectivity index (χ1n) is 8.97. The third kappa shape index (κ3) is 4.67. The molecule has 1 fully saturated rings. The van der Waals surface area contributed by atoms with Crippen molar-refractivity contribution in [3.63, 3.8) is 0 Å². The van der Waals surface area contributed by atoms with Crippen molar-refractivity contribution in [2.75, 3.05) is 26.1 Å². The van der Waals surface area contributed by atoms with Crippen molar-refractivity contribution in [2.45, 2.75) is 25.5 Å². The van der Waals surface area contributed by atoms with Gasteiger partial charge in [0.1, 0.15) is 11.5 Å². The fraction of sp³-hybridized carbons (Fsp3) is 0.350. The van der Waals surface area contributed by atoms with Gasteiger partial charge < -0.3 is 24.4 Å². The Bertz CT molecular complexity index is 879. The smallest absolute Gasteiger partial charge is 0.387 e. The Kier molecular flexibility index (Phi) is 6.36. The van der Waals surface area contributed by atoms with Gasteiger partial charge in [0.2, 0.25) is 0 Å². The van der Waals surface area contributed by atoms with Gasteiger partial charge in [0.15, 0.2) is 11.6 Å². The summed E-state index contributed by atoms with van der Waals surface area (Å²) in [6.07, 6.45) is 1.54. The minimum absolute atomic E-state index is 0.140. The maximum Gasteiger partial charge on any atom is 0.387 e. The second-order valence-corrected chi connectivity index (χ2v) is 6.41. The molecule has 29 heavy (non-hydrogen) atoms. The molecule has 6 nitrogen and oxygen atoms in total. The van der Waals surface area contributed by atoms with Gasteiger partial charge in [-0.25, -0.2) is 9.18 Å². The number of alkyl halides is 2. The van der Waals surface area contributed by atoms with Crippen molar-refractivity contribution in [2.24, 2.45) is 0 Å². The second-order valence-electron chi connectivity index (χ2n) is 6.41. The van der Waals surface area contributed by atoms with Crippen LogP contribution in [-0.4, -0.2) is 38.3 Å². The Labute approximate surface area is 166 Å². The van der Waals surface area contributed by atoms with E-state index in [9.17, 15) is 18.0 Å². The number of amides is 2. The molecule has 2 aromatic rings. The first kappa shape index (κ1) is 20.6. The number of hydrogen-bond donors (Lipinski definition) is 1. The first-order chi connectivity index (χ1) is 13.9. The number of hydrogen-bond acceptors (Lipinski definition) is 4. The number of benzene rings is 2. The number of likely N-dealkylation sites (tertiary alicyclic amines) is 1. The highest BCUT2D eigenvalue weighted by Gasteiger charge is 2.32. The monoisotopic (exact) mass is 410 g/mol.